The van der Waals surface area contributed by atoms with Gasteiger partial charge < -0.3 is 10.2 Å². The number of hydrogen-bond acceptors (Lipinski definition) is 2. The van der Waals surface area contributed by atoms with E-state index >= 15 is 0 Å². The van der Waals surface area contributed by atoms with E-state index in [9.17, 15) is 9.59 Å². The number of carbonyl (C=O) groups is 2. The van der Waals surface area contributed by atoms with Crippen molar-refractivity contribution in [2.45, 2.75) is 45.2 Å². The van der Waals surface area contributed by atoms with E-state index in [4.69, 9.17) is 11.6 Å². The van der Waals surface area contributed by atoms with Crippen LogP contribution in [0.5, 0.6) is 0 Å². The predicted octanol–water partition coefficient (Wildman–Crippen LogP) is 1.64. The second-order valence-electron chi connectivity index (χ2n) is 4.68. The molecule has 96 valence electrons. The first-order valence-electron chi connectivity index (χ1n) is 5.82. The monoisotopic (exact) mass is 258 g/mol. The topological polar surface area (TPSA) is 49.4 Å². The van der Waals surface area contributed by atoms with Crippen LogP contribution in [0, 0.1) is 0 Å². The summed E-state index contributed by atoms with van der Waals surface area (Å²) in [6.45, 7) is 5.83. The van der Waals surface area contributed by atoms with Gasteiger partial charge in [0.25, 0.3) is 0 Å². The lowest BCUT2D eigenvalue weighted by molar-refractivity contribution is -0.154. The summed E-state index contributed by atoms with van der Waals surface area (Å²) in [5.41, 5.74) is 0.544. The molecule has 1 heterocycles. The third-order valence-corrected chi connectivity index (χ3v) is 3.23. The molecular formula is C12H19ClN2O2. The van der Waals surface area contributed by atoms with Gasteiger partial charge in [-0.3, -0.25) is 9.59 Å². The predicted molar refractivity (Wildman–Crippen MR) is 67.6 cm³/mol. The number of halogens is 1. The molecule has 1 N–H and O–H groups in total. The molecule has 0 radical (unpaired) electrons. The van der Waals surface area contributed by atoms with E-state index in [-0.39, 0.29) is 11.8 Å². The summed E-state index contributed by atoms with van der Waals surface area (Å²) in [6, 6.07) is -0.399. The number of rotatable bonds is 4. The minimum atomic E-state index is -0.822. The van der Waals surface area contributed by atoms with Crippen molar-refractivity contribution in [1.29, 1.82) is 0 Å². The van der Waals surface area contributed by atoms with Gasteiger partial charge in [-0.25, -0.2) is 0 Å². The van der Waals surface area contributed by atoms with E-state index in [0.29, 0.717) is 13.0 Å². The van der Waals surface area contributed by atoms with E-state index in [1.807, 2.05) is 6.92 Å². The summed E-state index contributed by atoms with van der Waals surface area (Å²) < 4.78 is 0. The van der Waals surface area contributed by atoms with Crippen LogP contribution in [0.1, 0.15) is 33.6 Å². The Morgan fingerprint density at radius 2 is 2.12 bits per heavy atom. The highest BCUT2D eigenvalue weighted by molar-refractivity contribution is 6.25. The maximum absolute atomic E-state index is 12.2. The third-order valence-electron chi connectivity index (χ3n) is 3.05. The average Bonchev–Trinajstić information content (AvgIpc) is 2.26. The molecule has 17 heavy (non-hydrogen) atoms. The van der Waals surface area contributed by atoms with Crippen molar-refractivity contribution in [2.75, 3.05) is 6.54 Å². The van der Waals surface area contributed by atoms with Crippen molar-refractivity contribution in [3.8, 4) is 0 Å². The van der Waals surface area contributed by atoms with Gasteiger partial charge in [0.2, 0.25) is 11.8 Å². The molecular weight excluding hydrogens is 240 g/mol. The van der Waals surface area contributed by atoms with Crippen LogP contribution in [-0.2, 0) is 9.59 Å². The molecule has 0 saturated carbocycles. The second-order valence-corrected chi connectivity index (χ2v) is 4.94. The zero-order chi connectivity index (χ0) is 13.1. The quantitative estimate of drug-likeness (QED) is 0.834. The third kappa shape index (κ3) is 2.80. The molecule has 1 atom stereocenters. The minimum absolute atomic E-state index is 0.0359. The van der Waals surface area contributed by atoms with E-state index in [1.165, 1.54) is 5.54 Å². The first kappa shape index (κ1) is 14.0. The van der Waals surface area contributed by atoms with Crippen molar-refractivity contribution >= 4 is 23.4 Å². The van der Waals surface area contributed by atoms with E-state index in [0.717, 1.165) is 6.42 Å². The Morgan fingerprint density at radius 3 is 2.65 bits per heavy atom. The van der Waals surface area contributed by atoms with Crippen LogP contribution in [0.25, 0.3) is 0 Å². The number of amides is 2. The van der Waals surface area contributed by atoms with Gasteiger partial charge in [0.05, 0.1) is 0 Å². The highest BCUT2D eigenvalue weighted by Crippen LogP contribution is 2.22. The zero-order valence-corrected chi connectivity index (χ0v) is 11.3. The molecule has 0 spiro atoms. The van der Waals surface area contributed by atoms with Crippen LogP contribution in [-0.4, -0.2) is 34.8 Å². The minimum Gasteiger partial charge on any atom is -0.342 e. The van der Waals surface area contributed by atoms with Crippen LogP contribution < -0.4 is 5.32 Å². The van der Waals surface area contributed by atoms with Crippen LogP contribution in [0.3, 0.4) is 0 Å². The average molecular weight is 259 g/mol. The lowest BCUT2D eigenvalue weighted by atomic mass is 9.94. The summed E-state index contributed by atoms with van der Waals surface area (Å²) in [6.07, 6.45) is 3.20. The second kappa shape index (κ2) is 5.54. The summed E-state index contributed by atoms with van der Waals surface area (Å²) in [7, 11) is 0. The molecule has 1 fully saturated rings. The molecule has 0 bridgehead atoms. The smallest absolute Gasteiger partial charge is 0.246 e. The largest absolute Gasteiger partial charge is 0.342 e. The molecule has 0 aromatic rings. The lowest BCUT2D eigenvalue weighted by Crippen LogP contribution is -2.68. The van der Waals surface area contributed by atoms with E-state index in [2.05, 4.69) is 5.32 Å². The van der Waals surface area contributed by atoms with Crippen molar-refractivity contribution < 1.29 is 9.59 Å². The van der Waals surface area contributed by atoms with Gasteiger partial charge in [-0.05, 0) is 20.3 Å². The first-order chi connectivity index (χ1) is 7.95. The van der Waals surface area contributed by atoms with Crippen LogP contribution in [0.15, 0.2) is 11.6 Å². The Bertz CT molecular complexity index is 339. The van der Waals surface area contributed by atoms with Crippen molar-refractivity contribution in [2.24, 2.45) is 0 Å². The highest BCUT2D eigenvalue weighted by Gasteiger charge is 2.45. The van der Waals surface area contributed by atoms with Crippen LogP contribution in [0.4, 0.5) is 0 Å². The zero-order valence-electron chi connectivity index (χ0n) is 10.5. The molecule has 0 aromatic carbocycles. The SMILES string of the molecule is CCCC1NC(=O)C(C)(C)N(C/C=C/Cl)C1=O. The Balaban J connectivity index is 2.93. The van der Waals surface area contributed by atoms with E-state index in [1.54, 1.807) is 24.8 Å². The summed E-state index contributed by atoms with van der Waals surface area (Å²) in [4.78, 5) is 25.7. The molecule has 1 aliphatic heterocycles. The number of nitrogens with one attached hydrogen (secondary N) is 1. The molecule has 5 heteroatoms. The molecule has 1 rings (SSSR count). The number of carbonyl (C=O) groups excluding carboxylic acids is 2. The summed E-state index contributed by atoms with van der Waals surface area (Å²) in [5, 5.41) is 2.78. The van der Waals surface area contributed by atoms with Gasteiger partial charge in [-0.15, -0.1) is 0 Å². The molecule has 1 saturated heterocycles. The van der Waals surface area contributed by atoms with Gasteiger partial charge >= 0.3 is 0 Å². The molecule has 1 unspecified atom stereocenters. The molecule has 4 nitrogen and oxygen atoms in total. The molecule has 0 aromatic heterocycles. The summed E-state index contributed by atoms with van der Waals surface area (Å²) in [5.74, 6) is -0.148. The van der Waals surface area contributed by atoms with Crippen molar-refractivity contribution in [1.82, 2.24) is 10.2 Å². The van der Waals surface area contributed by atoms with Gasteiger partial charge in [0.15, 0.2) is 0 Å². The number of hydrogen-bond donors (Lipinski definition) is 1. The first-order valence-corrected chi connectivity index (χ1v) is 6.26. The highest BCUT2D eigenvalue weighted by atomic mass is 35.5. The number of nitrogens with zero attached hydrogens (tertiary/aromatic N) is 1. The number of piperazine rings is 1. The van der Waals surface area contributed by atoms with Crippen molar-refractivity contribution in [3.63, 3.8) is 0 Å². The van der Waals surface area contributed by atoms with Gasteiger partial charge in [-0.1, -0.05) is 31.0 Å². The lowest BCUT2D eigenvalue weighted by Gasteiger charge is -2.43. The fraction of sp³-hybridized carbons (Fsp3) is 0.667. The maximum Gasteiger partial charge on any atom is 0.246 e. The Labute approximate surface area is 107 Å². The van der Waals surface area contributed by atoms with Gasteiger partial charge in [-0.2, -0.15) is 0 Å². The van der Waals surface area contributed by atoms with Crippen LogP contribution >= 0.6 is 11.6 Å². The molecule has 2 amide bonds. The molecule has 0 aliphatic carbocycles. The molecule has 1 aliphatic rings. The van der Waals surface area contributed by atoms with E-state index < -0.39 is 11.6 Å². The Kier molecular flexibility index (Phi) is 4.57. The fourth-order valence-corrected chi connectivity index (χ4v) is 2.01. The normalized spacial score (nSPS) is 24.2. The Hall–Kier alpha value is -1.03. The van der Waals surface area contributed by atoms with Crippen LogP contribution in [0.2, 0.25) is 0 Å². The standard InChI is InChI=1S/C12H19ClN2O2/c1-4-6-9-10(16)15(8-5-7-13)12(2,3)11(17)14-9/h5,7,9H,4,6,8H2,1-3H3,(H,14,17)/b7-5+. The van der Waals surface area contributed by atoms with Crippen molar-refractivity contribution in [3.05, 3.63) is 11.6 Å². The fourth-order valence-electron chi connectivity index (χ4n) is 1.93. The Morgan fingerprint density at radius 1 is 1.47 bits per heavy atom. The van der Waals surface area contributed by atoms with Gasteiger partial charge in [0, 0.05) is 12.1 Å². The maximum atomic E-state index is 12.2. The summed E-state index contributed by atoms with van der Waals surface area (Å²) >= 11 is 5.48. The van der Waals surface area contributed by atoms with Gasteiger partial charge in [0.1, 0.15) is 11.6 Å².